The molecule has 3 aliphatic carbocycles. The van der Waals surface area contributed by atoms with E-state index in [1.807, 2.05) is 14.2 Å². The SMILES string of the molecule is CCN1CC(CN2CCN(C3CC(COC)C3)CC2)C1.COCC1CC(N2CCN(CC3CCC3)CC2)C1. The van der Waals surface area contributed by atoms with E-state index in [4.69, 9.17) is 9.47 Å². The smallest absolute Gasteiger partial charge is 0.0491 e. The minimum absolute atomic E-state index is 0.832. The Morgan fingerprint density at radius 1 is 0.553 bits per heavy atom. The average molecular weight is 534 g/mol. The highest BCUT2D eigenvalue weighted by molar-refractivity contribution is 4.91. The molecule has 0 bridgehead atoms. The van der Waals surface area contributed by atoms with Gasteiger partial charge < -0.3 is 24.2 Å². The van der Waals surface area contributed by atoms with Crippen molar-refractivity contribution in [3.05, 3.63) is 0 Å². The number of likely N-dealkylation sites (tertiary alicyclic amines) is 1. The van der Waals surface area contributed by atoms with E-state index in [-0.39, 0.29) is 0 Å². The van der Waals surface area contributed by atoms with Crippen molar-refractivity contribution in [1.82, 2.24) is 24.5 Å². The van der Waals surface area contributed by atoms with E-state index in [9.17, 15) is 0 Å². The maximum atomic E-state index is 5.25. The lowest BCUT2D eigenvalue weighted by molar-refractivity contribution is -0.00531. The van der Waals surface area contributed by atoms with Gasteiger partial charge in [-0.2, -0.15) is 0 Å². The number of hydrogen-bond acceptors (Lipinski definition) is 7. The summed E-state index contributed by atoms with van der Waals surface area (Å²) >= 11 is 0. The van der Waals surface area contributed by atoms with Crippen LogP contribution in [0.25, 0.3) is 0 Å². The highest BCUT2D eigenvalue weighted by Crippen LogP contribution is 2.34. The highest BCUT2D eigenvalue weighted by Gasteiger charge is 2.36. The third-order valence-electron chi connectivity index (χ3n) is 10.8. The maximum absolute atomic E-state index is 5.25. The highest BCUT2D eigenvalue weighted by atomic mass is 16.5. The first-order valence-corrected chi connectivity index (χ1v) is 16.3. The van der Waals surface area contributed by atoms with Crippen molar-refractivity contribution >= 4 is 0 Å². The molecule has 6 fully saturated rings. The number of rotatable bonds is 11. The zero-order valence-corrected chi connectivity index (χ0v) is 25.1. The molecule has 6 rings (SSSR count). The van der Waals surface area contributed by atoms with Gasteiger partial charge in [-0.15, -0.1) is 0 Å². The normalized spacial score (nSPS) is 34.5. The molecule has 3 saturated heterocycles. The van der Waals surface area contributed by atoms with Crippen molar-refractivity contribution < 1.29 is 9.47 Å². The number of piperazine rings is 2. The first-order valence-electron chi connectivity index (χ1n) is 16.3. The van der Waals surface area contributed by atoms with Crippen LogP contribution in [0.15, 0.2) is 0 Å². The molecule has 3 heterocycles. The van der Waals surface area contributed by atoms with E-state index in [1.165, 1.54) is 130 Å². The molecule has 0 atom stereocenters. The molecule has 7 nitrogen and oxygen atoms in total. The third kappa shape index (κ3) is 7.92. The second-order valence-electron chi connectivity index (χ2n) is 13.6. The lowest BCUT2D eigenvalue weighted by Crippen LogP contribution is -2.57. The zero-order valence-electron chi connectivity index (χ0n) is 25.1. The summed E-state index contributed by atoms with van der Waals surface area (Å²) in [6, 6.07) is 1.73. The molecule has 220 valence electrons. The Labute approximate surface area is 234 Å². The van der Waals surface area contributed by atoms with Crippen LogP contribution in [0, 0.1) is 23.7 Å². The molecule has 6 aliphatic rings. The van der Waals surface area contributed by atoms with E-state index in [1.54, 1.807) is 0 Å². The summed E-state index contributed by atoms with van der Waals surface area (Å²) in [6.07, 6.45) is 9.92. The van der Waals surface area contributed by atoms with Gasteiger partial charge in [-0.3, -0.25) is 9.80 Å². The molecule has 3 saturated carbocycles. The number of ether oxygens (including phenoxy) is 2. The summed E-state index contributed by atoms with van der Waals surface area (Å²) in [5.74, 6) is 3.65. The molecule has 38 heavy (non-hydrogen) atoms. The van der Waals surface area contributed by atoms with E-state index in [2.05, 4.69) is 31.4 Å². The first kappa shape index (κ1) is 29.2. The Kier molecular flexibility index (Phi) is 11.2. The lowest BCUT2D eigenvalue weighted by Gasteiger charge is -2.48. The predicted octanol–water partition coefficient (Wildman–Crippen LogP) is 2.81. The van der Waals surface area contributed by atoms with Crippen LogP contribution >= 0.6 is 0 Å². The summed E-state index contributed by atoms with van der Waals surface area (Å²) in [6.45, 7) is 21.2. The van der Waals surface area contributed by atoms with Gasteiger partial charge in [-0.05, 0) is 68.7 Å². The standard InChI is InChI=1S/C16H31N3O.C15H28N2O/c1-3-17-10-15(11-17)12-18-4-6-19(7-5-18)16-8-14(9-16)13-20-2;1-18-12-14-9-15(10-14)17-7-5-16(6-8-17)11-13-3-2-4-13/h14-16H,3-13H2,1-2H3;13-15H,2-12H2,1H3. The van der Waals surface area contributed by atoms with Gasteiger partial charge in [0.1, 0.15) is 0 Å². The second kappa shape index (κ2) is 14.6. The van der Waals surface area contributed by atoms with Crippen molar-refractivity contribution in [1.29, 1.82) is 0 Å². The van der Waals surface area contributed by atoms with Crippen LogP contribution in [-0.2, 0) is 9.47 Å². The van der Waals surface area contributed by atoms with Gasteiger partial charge >= 0.3 is 0 Å². The lowest BCUT2D eigenvalue weighted by atomic mass is 9.79. The Balaban J connectivity index is 0.000000156. The van der Waals surface area contributed by atoms with E-state index in [0.717, 1.165) is 49.0 Å². The van der Waals surface area contributed by atoms with E-state index < -0.39 is 0 Å². The maximum Gasteiger partial charge on any atom is 0.0491 e. The molecule has 3 aliphatic heterocycles. The fourth-order valence-corrected chi connectivity index (χ4v) is 7.82. The molecule has 0 aromatic heterocycles. The molecule has 0 unspecified atom stereocenters. The van der Waals surface area contributed by atoms with Crippen LogP contribution in [0.4, 0.5) is 0 Å². The van der Waals surface area contributed by atoms with Gasteiger partial charge in [0.25, 0.3) is 0 Å². The van der Waals surface area contributed by atoms with Crippen LogP contribution in [0.5, 0.6) is 0 Å². The third-order valence-corrected chi connectivity index (χ3v) is 10.8. The quantitative estimate of drug-likeness (QED) is 0.404. The van der Waals surface area contributed by atoms with Crippen LogP contribution in [0.2, 0.25) is 0 Å². The van der Waals surface area contributed by atoms with E-state index in [0.29, 0.717) is 0 Å². The minimum atomic E-state index is 0.832. The van der Waals surface area contributed by atoms with Crippen molar-refractivity contribution in [3.8, 4) is 0 Å². The van der Waals surface area contributed by atoms with Gasteiger partial charge in [0.2, 0.25) is 0 Å². The summed E-state index contributed by atoms with van der Waals surface area (Å²) in [5, 5.41) is 0. The van der Waals surface area contributed by atoms with Gasteiger partial charge in [-0.25, -0.2) is 0 Å². The molecule has 7 heteroatoms. The summed E-state index contributed by atoms with van der Waals surface area (Å²) in [7, 11) is 3.65. The minimum Gasteiger partial charge on any atom is -0.384 e. The van der Waals surface area contributed by atoms with Crippen molar-refractivity contribution in [2.75, 3.05) is 113 Å². The summed E-state index contributed by atoms with van der Waals surface area (Å²) in [5.41, 5.74) is 0. The average Bonchev–Trinajstić information content (AvgIpc) is 2.84. The van der Waals surface area contributed by atoms with E-state index >= 15 is 0 Å². The Bertz CT molecular complexity index is 659. The first-order chi connectivity index (χ1) is 18.6. The van der Waals surface area contributed by atoms with Crippen LogP contribution in [-0.4, -0.2) is 149 Å². The topological polar surface area (TPSA) is 34.7 Å². The van der Waals surface area contributed by atoms with Crippen molar-refractivity contribution in [2.45, 2.75) is 64.0 Å². The van der Waals surface area contributed by atoms with Gasteiger partial charge in [0.15, 0.2) is 0 Å². The molecule has 0 N–H and O–H groups in total. The predicted molar refractivity (Wildman–Crippen MR) is 156 cm³/mol. The molecule has 0 aromatic carbocycles. The van der Waals surface area contributed by atoms with Gasteiger partial charge in [0, 0.05) is 118 Å². The Hall–Kier alpha value is -0.280. The Morgan fingerprint density at radius 3 is 1.37 bits per heavy atom. The molecule has 0 radical (unpaired) electrons. The van der Waals surface area contributed by atoms with Crippen LogP contribution in [0.1, 0.15) is 51.9 Å². The number of methoxy groups -OCH3 is 2. The summed E-state index contributed by atoms with van der Waals surface area (Å²) < 4.78 is 10.5. The van der Waals surface area contributed by atoms with Gasteiger partial charge in [-0.1, -0.05) is 13.3 Å². The van der Waals surface area contributed by atoms with Crippen LogP contribution in [0.3, 0.4) is 0 Å². The van der Waals surface area contributed by atoms with Crippen molar-refractivity contribution in [2.24, 2.45) is 23.7 Å². The number of hydrogen-bond donors (Lipinski definition) is 0. The molecular formula is C31H59N5O2. The van der Waals surface area contributed by atoms with Crippen LogP contribution < -0.4 is 0 Å². The zero-order chi connectivity index (χ0) is 26.3. The summed E-state index contributed by atoms with van der Waals surface area (Å²) in [4.78, 5) is 13.4. The molecular weight excluding hydrogens is 474 g/mol. The molecule has 0 amide bonds. The largest absolute Gasteiger partial charge is 0.384 e. The monoisotopic (exact) mass is 533 g/mol. The molecule has 0 aromatic rings. The second-order valence-corrected chi connectivity index (χ2v) is 13.6. The Morgan fingerprint density at radius 2 is 1.00 bits per heavy atom. The van der Waals surface area contributed by atoms with Gasteiger partial charge in [0.05, 0.1) is 0 Å². The fourth-order valence-electron chi connectivity index (χ4n) is 7.82. The number of nitrogens with zero attached hydrogens (tertiary/aromatic N) is 5. The fraction of sp³-hybridized carbons (Fsp3) is 1.00. The van der Waals surface area contributed by atoms with Crippen molar-refractivity contribution in [3.63, 3.8) is 0 Å². The molecule has 0 spiro atoms.